The Morgan fingerprint density at radius 3 is 2.69 bits per heavy atom. The van der Waals surface area contributed by atoms with Crippen LogP contribution in [0.15, 0.2) is 53.6 Å². The molecule has 0 amide bonds. The zero-order valence-electron chi connectivity index (χ0n) is 22.6. The smallest absolute Gasteiger partial charge is 0.265 e. The standard InChI is InChI=1S/C29H28ClF2N5O4S/c1-2-37-9-7-19(8-10-37)34-29-33-14-17-11-16(3-5-22(17)35-29)26-21(31)4-6-23(27(26)32)36-42(39,40)25-13-18(30)12-20-24(38)15-41-28(20)25/h3-6,11-14,19,24,36,38H,2,7-10,15H2,1H3,(H,33,34,35). The van der Waals surface area contributed by atoms with Gasteiger partial charge in [-0.25, -0.2) is 27.2 Å². The number of rotatable bonds is 7. The van der Waals surface area contributed by atoms with Crippen molar-refractivity contribution in [3.63, 3.8) is 0 Å². The number of hydrogen-bond acceptors (Lipinski definition) is 8. The van der Waals surface area contributed by atoms with Crippen LogP contribution in [0.3, 0.4) is 0 Å². The van der Waals surface area contributed by atoms with E-state index in [2.05, 4.69) is 31.8 Å². The Kier molecular flexibility index (Phi) is 7.64. The highest BCUT2D eigenvalue weighted by molar-refractivity contribution is 7.92. The molecule has 2 aliphatic heterocycles. The SMILES string of the molecule is CCN1CCC(Nc2ncc3cc(-c4c(F)ccc(NS(=O)(=O)c5cc(Cl)cc6c5OCC6O)c4F)ccc3n2)CC1. The van der Waals surface area contributed by atoms with E-state index in [4.69, 9.17) is 16.3 Å². The number of hydrogen-bond donors (Lipinski definition) is 3. The number of piperidine rings is 1. The van der Waals surface area contributed by atoms with E-state index in [0.717, 1.165) is 50.7 Å². The average Bonchev–Trinajstić information content (AvgIpc) is 3.34. The second-order valence-corrected chi connectivity index (χ2v) is 12.4. The second kappa shape index (κ2) is 11.3. The number of anilines is 2. The summed E-state index contributed by atoms with van der Waals surface area (Å²) in [6.45, 7) is 5.05. The van der Waals surface area contributed by atoms with Gasteiger partial charge in [0.1, 0.15) is 29.2 Å². The lowest BCUT2D eigenvalue weighted by atomic mass is 10.0. The van der Waals surface area contributed by atoms with Gasteiger partial charge in [-0.1, -0.05) is 24.6 Å². The van der Waals surface area contributed by atoms with E-state index in [1.807, 2.05) is 0 Å². The number of nitrogens with zero attached hydrogens (tertiary/aromatic N) is 3. The summed E-state index contributed by atoms with van der Waals surface area (Å²) < 4.78 is 64.8. The Labute approximate surface area is 246 Å². The van der Waals surface area contributed by atoms with Gasteiger partial charge in [-0.15, -0.1) is 0 Å². The molecule has 0 aliphatic carbocycles. The van der Waals surface area contributed by atoms with Crippen LogP contribution < -0.4 is 14.8 Å². The molecule has 3 heterocycles. The molecule has 0 radical (unpaired) electrons. The molecule has 42 heavy (non-hydrogen) atoms. The first-order valence-electron chi connectivity index (χ1n) is 13.5. The zero-order chi connectivity index (χ0) is 29.6. The summed E-state index contributed by atoms with van der Waals surface area (Å²) in [5.74, 6) is -1.56. The first-order chi connectivity index (χ1) is 20.1. The number of ether oxygens (including phenoxy) is 1. The predicted molar refractivity (Wildman–Crippen MR) is 156 cm³/mol. The van der Waals surface area contributed by atoms with Gasteiger partial charge in [0.15, 0.2) is 5.82 Å². The lowest BCUT2D eigenvalue weighted by Gasteiger charge is -2.31. The van der Waals surface area contributed by atoms with Crippen LogP contribution in [0, 0.1) is 11.6 Å². The quantitative estimate of drug-likeness (QED) is 0.255. The van der Waals surface area contributed by atoms with Crippen LogP contribution in [-0.4, -0.2) is 60.7 Å². The van der Waals surface area contributed by atoms with Gasteiger partial charge in [-0.3, -0.25) is 4.72 Å². The molecule has 6 rings (SSSR count). The van der Waals surface area contributed by atoms with Crippen molar-refractivity contribution in [1.82, 2.24) is 14.9 Å². The van der Waals surface area contributed by atoms with E-state index in [1.54, 1.807) is 18.3 Å². The molecule has 3 N–H and O–H groups in total. The lowest BCUT2D eigenvalue weighted by molar-refractivity contribution is 0.140. The highest BCUT2D eigenvalue weighted by atomic mass is 35.5. The molecule has 4 aromatic rings. The molecule has 1 atom stereocenters. The van der Waals surface area contributed by atoms with Crippen molar-refractivity contribution in [1.29, 1.82) is 0 Å². The molecule has 3 aromatic carbocycles. The van der Waals surface area contributed by atoms with Crippen molar-refractivity contribution in [3.8, 4) is 16.9 Å². The number of sulfonamides is 1. The van der Waals surface area contributed by atoms with Crippen LogP contribution in [0.1, 0.15) is 31.4 Å². The van der Waals surface area contributed by atoms with Crippen LogP contribution >= 0.6 is 11.6 Å². The minimum Gasteiger partial charge on any atom is -0.489 e. The van der Waals surface area contributed by atoms with Gasteiger partial charge in [0.05, 0.1) is 16.8 Å². The maximum atomic E-state index is 15.7. The Balaban J connectivity index is 1.27. The Morgan fingerprint density at radius 1 is 1.14 bits per heavy atom. The van der Waals surface area contributed by atoms with Crippen molar-refractivity contribution in [2.24, 2.45) is 0 Å². The lowest BCUT2D eigenvalue weighted by Crippen LogP contribution is -2.39. The number of nitrogens with one attached hydrogen (secondary N) is 2. The summed E-state index contributed by atoms with van der Waals surface area (Å²) >= 11 is 6.08. The molecular formula is C29H28ClF2N5O4S. The van der Waals surface area contributed by atoms with Crippen molar-refractivity contribution in [2.75, 3.05) is 36.3 Å². The maximum Gasteiger partial charge on any atom is 0.265 e. The fraction of sp³-hybridized carbons (Fsp3) is 0.310. The van der Waals surface area contributed by atoms with Crippen LogP contribution in [-0.2, 0) is 10.0 Å². The summed E-state index contributed by atoms with van der Waals surface area (Å²) in [7, 11) is -4.44. The van der Waals surface area contributed by atoms with Gasteiger partial charge in [0, 0.05) is 41.3 Å². The highest BCUT2D eigenvalue weighted by Gasteiger charge is 2.32. The zero-order valence-corrected chi connectivity index (χ0v) is 24.1. The number of halogens is 3. The van der Waals surface area contributed by atoms with E-state index >= 15 is 4.39 Å². The van der Waals surface area contributed by atoms with E-state index < -0.39 is 39.0 Å². The molecule has 9 nitrogen and oxygen atoms in total. The minimum absolute atomic E-state index is 0.0533. The first kappa shape index (κ1) is 28.5. The van der Waals surface area contributed by atoms with Crippen molar-refractivity contribution >= 4 is 44.2 Å². The molecule has 0 bridgehead atoms. The van der Waals surface area contributed by atoms with Crippen LogP contribution in [0.5, 0.6) is 5.75 Å². The summed E-state index contributed by atoms with van der Waals surface area (Å²) in [6.07, 6.45) is 2.51. The number of aliphatic hydroxyl groups excluding tert-OH is 1. The number of fused-ring (bicyclic) bond motifs is 2. The molecule has 0 spiro atoms. The monoisotopic (exact) mass is 615 g/mol. The van der Waals surface area contributed by atoms with E-state index in [0.29, 0.717) is 16.9 Å². The third-order valence-electron chi connectivity index (χ3n) is 7.65. The number of benzene rings is 3. The van der Waals surface area contributed by atoms with Gasteiger partial charge in [0.25, 0.3) is 10.0 Å². The third kappa shape index (κ3) is 5.47. The predicted octanol–water partition coefficient (Wildman–Crippen LogP) is 5.35. The van der Waals surface area contributed by atoms with E-state index in [9.17, 15) is 17.9 Å². The Hall–Kier alpha value is -3.58. The fourth-order valence-corrected chi connectivity index (χ4v) is 6.92. The number of likely N-dealkylation sites (tertiary alicyclic amines) is 1. The molecule has 2 aliphatic rings. The highest BCUT2D eigenvalue weighted by Crippen LogP contribution is 2.41. The van der Waals surface area contributed by atoms with Gasteiger partial charge >= 0.3 is 0 Å². The molecule has 13 heteroatoms. The summed E-state index contributed by atoms with van der Waals surface area (Å²) in [5.41, 5.74) is 0.109. The summed E-state index contributed by atoms with van der Waals surface area (Å²) in [5, 5.41) is 14.1. The van der Waals surface area contributed by atoms with E-state index in [1.165, 1.54) is 12.1 Å². The van der Waals surface area contributed by atoms with Crippen molar-refractivity contribution < 1.29 is 27.0 Å². The van der Waals surface area contributed by atoms with Gasteiger partial charge in [-0.2, -0.15) is 0 Å². The average molecular weight is 616 g/mol. The topological polar surface area (TPSA) is 117 Å². The largest absolute Gasteiger partial charge is 0.489 e. The summed E-state index contributed by atoms with van der Waals surface area (Å²) in [6, 6.07) is 9.52. The molecule has 1 aromatic heterocycles. The van der Waals surface area contributed by atoms with Gasteiger partial charge in [0.2, 0.25) is 5.95 Å². The second-order valence-electron chi connectivity index (χ2n) is 10.4. The number of aliphatic hydroxyl groups is 1. The van der Waals surface area contributed by atoms with Crippen LogP contribution in [0.4, 0.5) is 20.4 Å². The summed E-state index contributed by atoms with van der Waals surface area (Å²) in [4.78, 5) is 11.0. The normalized spacial score (nSPS) is 17.7. The Morgan fingerprint density at radius 2 is 1.93 bits per heavy atom. The van der Waals surface area contributed by atoms with Crippen LogP contribution in [0.25, 0.3) is 22.0 Å². The molecule has 220 valence electrons. The molecule has 0 saturated carbocycles. The molecular weight excluding hydrogens is 588 g/mol. The third-order valence-corrected chi connectivity index (χ3v) is 9.24. The van der Waals surface area contributed by atoms with Gasteiger partial charge in [-0.05, 0) is 61.3 Å². The van der Waals surface area contributed by atoms with Crippen LogP contribution in [0.2, 0.25) is 5.02 Å². The minimum atomic E-state index is -4.44. The number of aromatic nitrogens is 2. The van der Waals surface area contributed by atoms with E-state index in [-0.39, 0.29) is 39.4 Å². The maximum absolute atomic E-state index is 15.7. The fourth-order valence-electron chi connectivity index (χ4n) is 5.37. The molecule has 1 unspecified atom stereocenters. The first-order valence-corrected chi connectivity index (χ1v) is 15.4. The van der Waals surface area contributed by atoms with Crippen molar-refractivity contribution in [2.45, 2.75) is 36.8 Å². The van der Waals surface area contributed by atoms with Gasteiger partial charge < -0.3 is 20.1 Å². The van der Waals surface area contributed by atoms with Crippen molar-refractivity contribution in [3.05, 3.63) is 70.9 Å². The Bertz CT molecular complexity index is 1780. The molecule has 1 fully saturated rings. The molecule has 1 saturated heterocycles.